The molecule has 2 aromatic rings. The zero-order valence-electron chi connectivity index (χ0n) is 14.4. The Labute approximate surface area is 143 Å². The van der Waals surface area contributed by atoms with Gasteiger partial charge in [-0.15, -0.1) is 0 Å². The zero-order chi connectivity index (χ0) is 16.9. The molecule has 0 aliphatic carbocycles. The van der Waals surface area contributed by atoms with Crippen LogP contribution in [0.15, 0.2) is 36.8 Å². The van der Waals surface area contributed by atoms with Gasteiger partial charge in [0.15, 0.2) is 0 Å². The van der Waals surface area contributed by atoms with Crippen LogP contribution in [0.5, 0.6) is 0 Å². The molecule has 0 saturated carbocycles. The number of pyridine rings is 1. The van der Waals surface area contributed by atoms with Crippen molar-refractivity contribution in [3.63, 3.8) is 0 Å². The lowest BCUT2D eigenvalue weighted by atomic mass is 10.1. The lowest BCUT2D eigenvalue weighted by molar-refractivity contribution is -0.134. The summed E-state index contributed by atoms with van der Waals surface area (Å²) < 4.78 is 2.05. The first-order valence-electron chi connectivity index (χ1n) is 8.58. The van der Waals surface area contributed by atoms with Crippen LogP contribution < -0.4 is 0 Å². The van der Waals surface area contributed by atoms with E-state index in [9.17, 15) is 4.79 Å². The summed E-state index contributed by atoms with van der Waals surface area (Å²) in [5, 5.41) is 0. The molecule has 1 atom stereocenters. The monoisotopic (exact) mass is 327 g/mol. The first-order chi connectivity index (χ1) is 11.7. The van der Waals surface area contributed by atoms with Crippen LogP contribution in [-0.4, -0.2) is 56.4 Å². The molecule has 3 heterocycles. The van der Waals surface area contributed by atoms with Crippen molar-refractivity contribution in [2.75, 3.05) is 26.2 Å². The molecule has 2 aromatic heterocycles. The van der Waals surface area contributed by atoms with Crippen molar-refractivity contribution in [3.8, 4) is 0 Å². The van der Waals surface area contributed by atoms with E-state index in [0.717, 1.165) is 31.2 Å². The summed E-state index contributed by atoms with van der Waals surface area (Å²) in [6, 6.07) is 6.00. The predicted molar refractivity (Wildman–Crippen MR) is 92.3 cm³/mol. The molecule has 6 nitrogen and oxygen atoms in total. The molecule has 0 bridgehead atoms. The third-order valence-electron chi connectivity index (χ3n) is 4.73. The summed E-state index contributed by atoms with van der Waals surface area (Å²) >= 11 is 0. The number of carbonyl (C=O) groups is 1. The summed E-state index contributed by atoms with van der Waals surface area (Å²) in [5.41, 5.74) is 0.971. The fourth-order valence-corrected chi connectivity index (χ4v) is 3.31. The minimum atomic E-state index is 0.169. The number of aromatic nitrogens is 3. The van der Waals surface area contributed by atoms with Crippen molar-refractivity contribution in [1.29, 1.82) is 0 Å². The van der Waals surface area contributed by atoms with E-state index in [0.29, 0.717) is 19.4 Å². The van der Waals surface area contributed by atoms with E-state index >= 15 is 0 Å². The predicted octanol–water partition coefficient (Wildman–Crippen LogP) is 1.65. The van der Waals surface area contributed by atoms with Gasteiger partial charge in [-0.1, -0.05) is 13.0 Å². The van der Waals surface area contributed by atoms with Crippen molar-refractivity contribution in [2.24, 2.45) is 7.05 Å². The highest BCUT2D eigenvalue weighted by atomic mass is 16.2. The second-order valence-corrected chi connectivity index (χ2v) is 6.20. The minimum Gasteiger partial charge on any atom is -0.339 e. The Bertz CT molecular complexity index is 669. The molecule has 0 spiro atoms. The van der Waals surface area contributed by atoms with Gasteiger partial charge in [0, 0.05) is 57.4 Å². The number of amides is 1. The van der Waals surface area contributed by atoms with Crippen LogP contribution in [0, 0.1) is 0 Å². The normalized spacial score (nSPS) is 18.8. The van der Waals surface area contributed by atoms with Gasteiger partial charge in [-0.05, 0) is 25.1 Å². The van der Waals surface area contributed by atoms with Gasteiger partial charge in [-0.25, -0.2) is 4.98 Å². The number of hydrogen-bond acceptors (Lipinski definition) is 4. The highest BCUT2D eigenvalue weighted by molar-refractivity contribution is 5.76. The van der Waals surface area contributed by atoms with E-state index < -0.39 is 0 Å². The van der Waals surface area contributed by atoms with Gasteiger partial charge in [-0.2, -0.15) is 0 Å². The van der Waals surface area contributed by atoms with Crippen molar-refractivity contribution in [3.05, 3.63) is 48.3 Å². The number of hydrogen-bond donors (Lipinski definition) is 0. The standard InChI is InChI=1S/C18H25N5O/c1-3-22-12-13-23(14-16(22)18-20-10-11-21(18)2)17(24)8-7-15-6-4-5-9-19-15/h4-6,9-11,16H,3,7-8,12-14H2,1-2H3/t16-/m1/s1. The number of piperazine rings is 1. The van der Waals surface area contributed by atoms with E-state index in [1.807, 2.05) is 42.5 Å². The van der Waals surface area contributed by atoms with Gasteiger partial charge in [0.2, 0.25) is 5.91 Å². The van der Waals surface area contributed by atoms with E-state index in [4.69, 9.17) is 0 Å². The Balaban J connectivity index is 1.64. The molecular formula is C18H25N5O. The van der Waals surface area contributed by atoms with Gasteiger partial charge < -0.3 is 9.47 Å². The second kappa shape index (κ2) is 7.57. The van der Waals surface area contributed by atoms with Crippen molar-refractivity contribution in [1.82, 2.24) is 24.3 Å². The minimum absolute atomic E-state index is 0.169. The van der Waals surface area contributed by atoms with Crippen LogP contribution in [0.4, 0.5) is 0 Å². The number of nitrogens with zero attached hydrogens (tertiary/aromatic N) is 5. The molecule has 0 aromatic carbocycles. The van der Waals surface area contributed by atoms with Crippen LogP contribution in [0.1, 0.15) is 30.9 Å². The van der Waals surface area contributed by atoms with E-state index in [1.54, 1.807) is 6.20 Å². The molecule has 24 heavy (non-hydrogen) atoms. The number of rotatable bonds is 5. The molecule has 128 valence electrons. The lowest BCUT2D eigenvalue weighted by Crippen LogP contribution is -2.51. The van der Waals surface area contributed by atoms with Crippen LogP contribution in [0.25, 0.3) is 0 Å². The Morgan fingerprint density at radius 2 is 2.12 bits per heavy atom. The summed E-state index contributed by atoms with van der Waals surface area (Å²) in [5.74, 6) is 1.23. The summed E-state index contributed by atoms with van der Waals surface area (Å²) in [6.45, 7) is 5.51. The highest BCUT2D eigenvalue weighted by Crippen LogP contribution is 2.24. The molecule has 3 rings (SSSR count). The van der Waals surface area contributed by atoms with Crippen molar-refractivity contribution < 1.29 is 4.79 Å². The number of likely N-dealkylation sites (N-methyl/N-ethyl adjacent to an activating group) is 1. The highest BCUT2D eigenvalue weighted by Gasteiger charge is 2.31. The maximum Gasteiger partial charge on any atom is 0.223 e. The third kappa shape index (κ3) is 3.64. The average molecular weight is 327 g/mol. The Kier molecular flexibility index (Phi) is 5.25. The second-order valence-electron chi connectivity index (χ2n) is 6.20. The molecule has 1 aliphatic rings. The van der Waals surface area contributed by atoms with E-state index in [2.05, 4.69) is 26.4 Å². The zero-order valence-corrected chi connectivity index (χ0v) is 14.4. The van der Waals surface area contributed by atoms with Crippen LogP contribution in [-0.2, 0) is 18.3 Å². The van der Waals surface area contributed by atoms with Gasteiger partial charge in [0.05, 0.1) is 6.04 Å². The van der Waals surface area contributed by atoms with E-state index in [-0.39, 0.29) is 11.9 Å². The third-order valence-corrected chi connectivity index (χ3v) is 4.73. The summed E-state index contributed by atoms with van der Waals surface area (Å²) in [4.78, 5) is 25.8. The smallest absolute Gasteiger partial charge is 0.223 e. The SMILES string of the molecule is CCN1CCN(C(=O)CCc2ccccn2)C[C@@H]1c1nccn1C. The molecule has 0 N–H and O–H groups in total. The fraction of sp³-hybridized carbons (Fsp3) is 0.500. The molecule has 1 saturated heterocycles. The van der Waals surface area contributed by atoms with Crippen LogP contribution >= 0.6 is 0 Å². The van der Waals surface area contributed by atoms with E-state index in [1.165, 1.54) is 0 Å². The molecular weight excluding hydrogens is 302 g/mol. The summed E-state index contributed by atoms with van der Waals surface area (Å²) in [6.07, 6.45) is 6.77. The first-order valence-corrected chi connectivity index (χ1v) is 8.58. The van der Waals surface area contributed by atoms with Crippen LogP contribution in [0.3, 0.4) is 0 Å². The topological polar surface area (TPSA) is 54.3 Å². The lowest BCUT2D eigenvalue weighted by Gasteiger charge is -2.40. The molecule has 1 aliphatic heterocycles. The van der Waals surface area contributed by atoms with Gasteiger partial charge in [-0.3, -0.25) is 14.7 Å². The fourth-order valence-electron chi connectivity index (χ4n) is 3.31. The average Bonchev–Trinajstić information content (AvgIpc) is 3.05. The van der Waals surface area contributed by atoms with Crippen LogP contribution in [0.2, 0.25) is 0 Å². The Morgan fingerprint density at radius 1 is 1.25 bits per heavy atom. The van der Waals surface area contributed by atoms with Crippen molar-refractivity contribution >= 4 is 5.91 Å². The molecule has 0 unspecified atom stereocenters. The number of carbonyl (C=O) groups excluding carboxylic acids is 1. The van der Waals surface area contributed by atoms with Gasteiger partial charge in [0.1, 0.15) is 5.82 Å². The van der Waals surface area contributed by atoms with Crippen molar-refractivity contribution in [2.45, 2.75) is 25.8 Å². The maximum absolute atomic E-state index is 12.6. The quantitative estimate of drug-likeness (QED) is 0.838. The van der Waals surface area contributed by atoms with Gasteiger partial charge >= 0.3 is 0 Å². The molecule has 6 heteroatoms. The maximum atomic E-state index is 12.6. The molecule has 1 amide bonds. The Hall–Kier alpha value is -2.21. The largest absolute Gasteiger partial charge is 0.339 e. The molecule has 1 fully saturated rings. The number of aryl methyl sites for hydroxylation is 2. The Morgan fingerprint density at radius 3 is 2.79 bits per heavy atom. The first kappa shape index (κ1) is 16.6. The summed E-state index contributed by atoms with van der Waals surface area (Å²) in [7, 11) is 2.01. The van der Waals surface area contributed by atoms with Gasteiger partial charge in [0.25, 0.3) is 0 Å². The molecule has 0 radical (unpaired) electrons. The number of imidazole rings is 1.